The fraction of sp³-hybridized carbons (Fsp3) is 0. The van der Waals surface area contributed by atoms with Gasteiger partial charge in [-0.1, -0.05) is 24.3 Å². The number of fused-ring (bicyclic) bond motifs is 12. The van der Waals surface area contributed by atoms with Crippen LogP contribution in [0.3, 0.4) is 0 Å². The molecule has 0 unspecified atom stereocenters. The number of pyridine rings is 4. The second kappa shape index (κ2) is 7.87. The Balaban J connectivity index is 1.33. The highest BCUT2D eigenvalue weighted by Crippen LogP contribution is 2.38. The number of benzene rings is 3. The SMILES string of the molecule is c1ccc(-c2nc3c4cccnc4c4ncccc4c3[nH]2)c(-c2nc3c4cccnc4c4ncccc4c3[nH]2)c1. The van der Waals surface area contributed by atoms with E-state index in [1.807, 2.05) is 48.5 Å². The first-order valence-electron chi connectivity index (χ1n) is 13.0. The van der Waals surface area contributed by atoms with Gasteiger partial charge in [0, 0.05) is 57.5 Å². The number of imidazole rings is 2. The average Bonchev–Trinajstić information content (AvgIpc) is 3.68. The first kappa shape index (κ1) is 21.2. The van der Waals surface area contributed by atoms with Gasteiger partial charge in [-0.25, -0.2) is 9.97 Å². The van der Waals surface area contributed by atoms with Gasteiger partial charge in [-0.05, 0) is 48.5 Å². The Bertz CT molecular complexity index is 2140. The van der Waals surface area contributed by atoms with Crippen molar-refractivity contribution in [1.82, 2.24) is 39.9 Å². The molecular weight excluding hydrogens is 496 g/mol. The van der Waals surface area contributed by atoms with E-state index in [0.29, 0.717) is 0 Å². The van der Waals surface area contributed by atoms with Gasteiger partial charge in [0.15, 0.2) is 0 Å². The van der Waals surface area contributed by atoms with Crippen LogP contribution in [0.4, 0.5) is 0 Å². The van der Waals surface area contributed by atoms with Crippen molar-refractivity contribution < 1.29 is 0 Å². The molecule has 0 saturated carbocycles. The molecule has 0 amide bonds. The Kier molecular flexibility index (Phi) is 4.17. The van der Waals surface area contributed by atoms with Crippen LogP contribution >= 0.6 is 0 Å². The van der Waals surface area contributed by atoms with E-state index in [-0.39, 0.29) is 0 Å². The number of rotatable bonds is 2. The van der Waals surface area contributed by atoms with Crippen LogP contribution in [-0.4, -0.2) is 39.9 Å². The third kappa shape index (κ3) is 2.84. The van der Waals surface area contributed by atoms with E-state index in [2.05, 4.69) is 54.2 Å². The molecule has 8 nitrogen and oxygen atoms in total. The molecule has 6 aromatic heterocycles. The molecule has 0 atom stereocenters. The maximum atomic E-state index is 5.12. The quantitative estimate of drug-likeness (QED) is 0.241. The monoisotopic (exact) mass is 514 g/mol. The largest absolute Gasteiger partial charge is 0.337 e. The fourth-order valence-corrected chi connectivity index (χ4v) is 5.84. The molecule has 0 spiro atoms. The van der Waals surface area contributed by atoms with E-state index < -0.39 is 0 Å². The molecule has 2 N–H and O–H groups in total. The molecule has 8 heteroatoms. The van der Waals surface area contributed by atoms with Crippen molar-refractivity contribution >= 4 is 65.7 Å². The number of H-pyrrole nitrogens is 2. The topological polar surface area (TPSA) is 109 Å². The minimum absolute atomic E-state index is 0.755. The van der Waals surface area contributed by atoms with Crippen LogP contribution in [0, 0.1) is 0 Å². The van der Waals surface area contributed by atoms with E-state index in [1.54, 1.807) is 24.8 Å². The molecule has 9 rings (SSSR count). The van der Waals surface area contributed by atoms with E-state index in [4.69, 9.17) is 9.97 Å². The molecule has 186 valence electrons. The molecule has 0 radical (unpaired) electrons. The highest BCUT2D eigenvalue weighted by atomic mass is 15.0. The number of nitrogens with zero attached hydrogens (tertiary/aromatic N) is 6. The molecule has 6 heterocycles. The van der Waals surface area contributed by atoms with Gasteiger partial charge < -0.3 is 9.97 Å². The summed E-state index contributed by atoms with van der Waals surface area (Å²) in [7, 11) is 0. The minimum Gasteiger partial charge on any atom is -0.337 e. The third-order valence-electron chi connectivity index (χ3n) is 7.57. The first-order chi connectivity index (χ1) is 19.8. The zero-order valence-corrected chi connectivity index (χ0v) is 20.9. The Labute approximate surface area is 225 Å². The summed E-state index contributed by atoms with van der Waals surface area (Å²) in [5, 5.41) is 3.90. The standard InChI is InChI=1S/C32H18N8/c1-2-8-18(32-39-29-21-11-5-15-35-25(21)26-22(30(29)40-32)12-6-16-36-26)17(7-1)31-37-27-19-9-3-13-33-23(19)24-20(28(27)38-31)10-4-14-34-24/h1-16H,(H,37,38)(H,39,40). The number of aromatic nitrogens is 8. The summed E-state index contributed by atoms with van der Waals surface area (Å²) in [5.41, 5.74) is 8.89. The van der Waals surface area contributed by atoms with Gasteiger partial charge in [0.1, 0.15) is 11.6 Å². The van der Waals surface area contributed by atoms with Crippen LogP contribution < -0.4 is 0 Å². The molecule has 0 aliphatic rings. The van der Waals surface area contributed by atoms with Crippen LogP contribution in [0.25, 0.3) is 88.5 Å². The Morgan fingerprint density at radius 2 is 0.750 bits per heavy atom. The van der Waals surface area contributed by atoms with Crippen molar-refractivity contribution in [2.24, 2.45) is 0 Å². The maximum Gasteiger partial charge on any atom is 0.139 e. The van der Waals surface area contributed by atoms with Crippen molar-refractivity contribution in [2.75, 3.05) is 0 Å². The molecule has 0 aliphatic heterocycles. The van der Waals surface area contributed by atoms with Gasteiger partial charge in [-0.15, -0.1) is 0 Å². The molecule has 3 aromatic carbocycles. The second-order valence-corrected chi connectivity index (χ2v) is 9.76. The van der Waals surface area contributed by atoms with Crippen LogP contribution in [0.2, 0.25) is 0 Å². The molecule has 0 aliphatic carbocycles. The summed E-state index contributed by atoms with van der Waals surface area (Å²) in [6.45, 7) is 0. The predicted octanol–water partition coefficient (Wildman–Crippen LogP) is 6.97. The molecular formula is C32H18N8. The van der Waals surface area contributed by atoms with Crippen molar-refractivity contribution in [1.29, 1.82) is 0 Å². The van der Waals surface area contributed by atoms with Gasteiger partial charge in [0.2, 0.25) is 0 Å². The lowest BCUT2D eigenvalue weighted by atomic mass is 10.1. The lowest BCUT2D eigenvalue weighted by molar-refractivity contribution is 1.30. The van der Waals surface area contributed by atoms with Crippen molar-refractivity contribution in [3.8, 4) is 22.8 Å². The molecule has 40 heavy (non-hydrogen) atoms. The van der Waals surface area contributed by atoms with E-state index in [1.165, 1.54) is 0 Å². The molecule has 0 saturated heterocycles. The third-order valence-corrected chi connectivity index (χ3v) is 7.57. The summed E-state index contributed by atoms with van der Waals surface area (Å²) in [6, 6.07) is 24.2. The maximum absolute atomic E-state index is 5.12. The fourth-order valence-electron chi connectivity index (χ4n) is 5.84. The lowest BCUT2D eigenvalue weighted by Gasteiger charge is -2.04. The van der Waals surface area contributed by atoms with Crippen molar-refractivity contribution in [3.63, 3.8) is 0 Å². The number of hydrogen-bond donors (Lipinski definition) is 2. The first-order valence-corrected chi connectivity index (χ1v) is 13.0. The molecule has 0 fully saturated rings. The molecule has 0 bridgehead atoms. The highest BCUT2D eigenvalue weighted by molar-refractivity contribution is 6.22. The predicted molar refractivity (Wildman–Crippen MR) is 158 cm³/mol. The zero-order chi connectivity index (χ0) is 26.2. The van der Waals surface area contributed by atoms with Crippen LogP contribution in [0.1, 0.15) is 0 Å². The summed E-state index contributed by atoms with van der Waals surface area (Å²) in [6.07, 6.45) is 7.19. The van der Waals surface area contributed by atoms with E-state index in [0.717, 1.165) is 88.5 Å². The second-order valence-electron chi connectivity index (χ2n) is 9.76. The van der Waals surface area contributed by atoms with Gasteiger partial charge in [0.05, 0.1) is 44.1 Å². The average molecular weight is 515 g/mol. The van der Waals surface area contributed by atoms with Crippen molar-refractivity contribution in [3.05, 3.63) is 97.6 Å². The van der Waals surface area contributed by atoms with Gasteiger partial charge in [-0.2, -0.15) is 0 Å². The van der Waals surface area contributed by atoms with Crippen molar-refractivity contribution in [2.45, 2.75) is 0 Å². The summed E-state index contributed by atoms with van der Waals surface area (Å²) >= 11 is 0. The minimum atomic E-state index is 0.755. The Morgan fingerprint density at radius 1 is 0.375 bits per heavy atom. The van der Waals surface area contributed by atoms with E-state index >= 15 is 0 Å². The summed E-state index contributed by atoms with van der Waals surface area (Å²) in [5.74, 6) is 1.51. The van der Waals surface area contributed by atoms with E-state index in [9.17, 15) is 0 Å². The lowest BCUT2D eigenvalue weighted by Crippen LogP contribution is -1.88. The molecule has 9 aromatic rings. The van der Waals surface area contributed by atoms with Crippen LogP contribution in [0.15, 0.2) is 97.6 Å². The smallest absolute Gasteiger partial charge is 0.139 e. The summed E-state index contributed by atoms with van der Waals surface area (Å²) < 4.78 is 0. The van der Waals surface area contributed by atoms with Crippen LogP contribution in [-0.2, 0) is 0 Å². The number of aromatic amines is 2. The number of nitrogens with one attached hydrogen (secondary N) is 2. The van der Waals surface area contributed by atoms with Crippen LogP contribution in [0.5, 0.6) is 0 Å². The normalized spacial score (nSPS) is 12.0. The summed E-state index contributed by atoms with van der Waals surface area (Å²) in [4.78, 5) is 36.0. The van der Waals surface area contributed by atoms with Gasteiger partial charge in [0.25, 0.3) is 0 Å². The number of hydrogen-bond acceptors (Lipinski definition) is 6. The Morgan fingerprint density at radius 3 is 1.18 bits per heavy atom. The Hall–Kier alpha value is -5.76. The van der Waals surface area contributed by atoms with Gasteiger partial charge >= 0.3 is 0 Å². The van der Waals surface area contributed by atoms with Gasteiger partial charge in [-0.3, -0.25) is 19.9 Å². The highest BCUT2D eigenvalue weighted by Gasteiger charge is 2.20. The zero-order valence-electron chi connectivity index (χ0n) is 20.9.